The summed E-state index contributed by atoms with van der Waals surface area (Å²) in [6, 6.07) is 7.98. The van der Waals surface area contributed by atoms with Crippen LogP contribution in [0.1, 0.15) is 33.9 Å². The van der Waals surface area contributed by atoms with E-state index in [0.29, 0.717) is 29.1 Å². The van der Waals surface area contributed by atoms with E-state index >= 15 is 0 Å². The van der Waals surface area contributed by atoms with Gasteiger partial charge in [-0.25, -0.2) is 9.18 Å². The number of ether oxygens (including phenoxy) is 1. The van der Waals surface area contributed by atoms with E-state index < -0.39 is 5.97 Å². The average Bonchev–Trinajstić information content (AvgIpc) is 2.93. The van der Waals surface area contributed by atoms with Crippen molar-refractivity contribution in [2.45, 2.75) is 26.3 Å². The summed E-state index contributed by atoms with van der Waals surface area (Å²) in [7, 11) is 2.94. The number of hydrogen-bond acceptors (Lipinski definition) is 4. The quantitative estimate of drug-likeness (QED) is 0.762. The van der Waals surface area contributed by atoms with Crippen molar-refractivity contribution in [3.8, 4) is 0 Å². The number of hydrogen-bond donors (Lipinski definition) is 0. The molecular formula is C18H20FNO4. The lowest BCUT2D eigenvalue weighted by Gasteiger charge is -2.15. The van der Waals surface area contributed by atoms with E-state index in [-0.39, 0.29) is 24.7 Å². The summed E-state index contributed by atoms with van der Waals surface area (Å²) in [5.41, 5.74) is 0.862. The maximum absolute atomic E-state index is 13.6. The lowest BCUT2D eigenvalue weighted by atomic mass is 10.1. The number of methoxy groups -OCH3 is 1. The second-order valence-corrected chi connectivity index (χ2v) is 5.52. The Balaban J connectivity index is 1.94. The summed E-state index contributed by atoms with van der Waals surface area (Å²) < 4.78 is 23.7. The van der Waals surface area contributed by atoms with Gasteiger partial charge < -0.3 is 14.1 Å². The van der Waals surface area contributed by atoms with Crippen LogP contribution in [-0.2, 0) is 22.5 Å². The molecule has 0 aliphatic rings. The minimum atomic E-state index is -0.476. The van der Waals surface area contributed by atoms with Crippen molar-refractivity contribution < 1.29 is 23.1 Å². The lowest BCUT2D eigenvalue weighted by molar-refractivity contribution is -0.130. The van der Waals surface area contributed by atoms with Gasteiger partial charge in [0, 0.05) is 13.5 Å². The molecule has 0 spiro atoms. The van der Waals surface area contributed by atoms with E-state index in [1.54, 1.807) is 38.2 Å². The molecule has 0 fully saturated rings. The topological polar surface area (TPSA) is 59.8 Å². The number of amides is 1. The number of nitrogens with zero attached hydrogens (tertiary/aromatic N) is 1. The van der Waals surface area contributed by atoms with Crippen molar-refractivity contribution in [3.05, 3.63) is 58.8 Å². The highest BCUT2D eigenvalue weighted by Crippen LogP contribution is 2.17. The fourth-order valence-electron chi connectivity index (χ4n) is 2.39. The second-order valence-electron chi connectivity index (χ2n) is 5.52. The maximum Gasteiger partial charge on any atom is 0.341 e. The molecule has 0 unspecified atom stereocenters. The number of rotatable bonds is 6. The third-order valence-electron chi connectivity index (χ3n) is 3.76. The summed E-state index contributed by atoms with van der Waals surface area (Å²) in [6.07, 6.45) is 0.529. The van der Waals surface area contributed by atoms with Crippen LogP contribution in [0, 0.1) is 12.7 Å². The molecule has 1 aromatic heterocycles. The van der Waals surface area contributed by atoms with Crippen LogP contribution in [0.5, 0.6) is 0 Å². The first-order chi connectivity index (χ1) is 11.4. The van der Waals surface area contributed by atoms with Gasteiger partial charge in [0.25, 0.3) is 0 Å². The number of carbonyl (C=O) groups excluding carboxylic acids is 2. The monoisotopic (exact) mass is 333 g/mol. The predicted octanol–water partition coefficient (Wildman–Crippen LogP) is 3.10. The largest absolute Gasteiger partial charge is 0.465 e. The predicted molar refractivity (Wildman–Crippen MR) is 86.0 cm³/mol. The maximum atomic E-state index is 13.6. The zero-order valence-corrected chi connectivity index (χ0v) is 14.0. The fraction of sp³-hybridized carbons (Fsp3) is 0.333. The molecule has 0 bridgehead atoms. The van der Waals surface area contributed by atoms with Crippen molar-refractivity contribution in [2.24, 2.45) is 0 Å². The Hall–Kier alpha value is -2.63. The number of esters is 1. The number of benzene rings is 1. The first kappa shape index (κ1) is 17.7. The molecule has 0 aliphatic carbocycles. The lowest BCUT2D eigenvalue weighted by Crippen LogP contribution is -2.26. The van der Waals surface area contributed by atoms with Crippen LogP contribution in [0.3, 0.4) is 0 Å². The summed E-state index contributed by atoms with van der Waals surface area (Å²) in [6.45, 7) is 1.89. The number of halogens is 1. The van der Waals surface area contributed by atoms with Crippen LogP contribution in [0.25, 0.3) is 0 Å². The van der Waals surface area contributed by atoms with Gasteiger partial charge in [-0.15, -0.1) is 0 Å². The summed E-state index contributed by atoms with van der Waals surface area (Å²) >= 11 is 0. The standard InChI is InChI=1S/C18H20FNO4/c1-12-15(18(22)23-3)10-14(24-12)11-20(2)17(21)9-8-13-6-4-5-7-16(13)19/h4-7,10H,8-9,11H2,1-3H3. The van der Waals surface area contributed by atoms with Crippen LogP contribution >= 0.6 is 0 Å². The minimum Gasteiger partial charge on any atom is -0.465 e. The zero-order chi connectivity index (χ0) is 17.7. The Morgan fingerprint density at radius 3 is 2.67 bits per heavy atom. The van der Waals surface area contributed by atoms with Crippen LogP contribution in [0.2, 0.25) is 0 Å². The summed E-state index contributed by atoms with van der Waals surface area (Å²) in [5, 5.41) is 0. The molecule has 128 valence electrons. The van der Waals surface area contributed by atoms with Gasteiger partial charge in [0.05, 0.1) is 13.7 Å². The van der Waals surface area contributed by atoms with Gasteiger partial charge in [0.2, 0.25) is 5.91 Å². The minimum absolute atomic E-state index is 0.132. The van der Waals surface area contributed by atoms with Crippen LogP contribution < -0.4 is 0 Å². The molecule has 0 saturated heterocycles. The molecule has 1 aromatic carbocycles. The van der Waals surface area contributed by atoms with Crippen molar-refractivity contribution in [1.29, 1.82) is 0 Å². The molecule has 24 heavy (non-hydrogen) atoms. The third-order valence-corrected chi connectivity index (χ3v) is 3.76. The van der Waals surface area contributed by atoms with Crippen molar-refractivity contribution in [3.63, 3.8) is 0 Å². The smallest absolute Gasteiger partial charge is 0.341 e. The van der Waals surface area contributed by atoms with Crippen LogP contribution in [0.4, 0.5) is 4.39 Å². The highest BCUT2D eigenvalue weighted by atomic mass is 19.1. The van der Waals surface area contributed by atoms with Gasteiger partial charge in [0.1, 0.15) is 22.9 Å². The molecule has 1 amide bonds. The number of furan rings is 1. The molecule has 0 N–H and O–H groups in total. The van der Waals surface area contributed by atoms with E-state index in [9.17, 15) is 14.0 Å². The Morgan fingerprint density at radius 2 is 2.00 bits per heavy atom. The first-order valence-corrected chi connectivity index (χ1v) is 7.57. The normalized spacial score (nSPS) is 10.5. The Morgan fingerprint density at radius 1 is 1.29 bits per heavy atom. The molecule has 0 radical (unpaired) electrons. The average molecular weight is 333 g/mol. The van der Waals surface area contributed by atoms with Gasteiger partial charge in [-0.2, -0.15) is 0 Å². The van der Waals surface area contributed by atoms with Gasteiger partial charge in [-0.1, -0.05) is 18.2 Å². The molecule has 2 aromatic rings. The van der Waals surface area contributed by atoms with Crippen molar-refractivity contribution in [2.75, 3.05) is 14.2 Å². The first-order valence-electron chi connectivity index (χ1n) is 7.57. The van der Waals surface area contributed by atoms with E-state index in [4.69, 9.17) is 4.42 Å². The molecular weight excluding hydrogens is 313 g/mol. The number of aryl methyl sites for hydroxylation is 2. The molecule has 1 heterocycles. The zero-order valence-electron chi connectivity index (χ0n) is 14.0. The molecule has 5 nitrogen and oxygen atoms in total. The Labute approximate surface area is 140 Å². The fourth-order valence-corrected chi connectivity index (χ4v) is 2.39. The molecule has 0 saturated carbocycles. The second kappa shape index (κ2) is 7.77. The van der Waals surface area contributed by atoms with E-state index in [2.05, 4.69) is 4.74 Å². The highest BCUT2D eigenvalue weighted by Gasteiger charge is 2.18. The van der Waals surface area contributed by atoms with Crippen LogP contribution in [-0.4, -0.2) is 30.9 Å². The SMILES string of the molecule is COC(=O)c1cc(CN(C)C(=O)CCc2ccccc2F)oc1C. The third kappa shape index (κ3) is 4.22. The van der Waals surface area contributed by atoms with E-state index in [0.717, 1.165) is 0 Å². The molecule has 2 rings (SSSR count). The number of carbonyl (C=O) groups is 2. The summed E-state index contributed by atoms with van der Waals surface area (Å²) in [4.78, 5) is 25.2. The highest BCUT2D eigenvalue weighted by molar-refractivity contribution is 5.90. The molecule has 0 atom stereocenters. The van der Waals surface area contributed by atoms with Crippen molar-refractivity contribution >= 4 is 11.9 Å². The van der Waals surface area contributed by atoms with E-state index in [1.165, 1.54) is 18.1 Å². The van der Waals surface area contributed by atoms with Gasteiger partial charge in [0.15, 0.2) is 0 Å². The summed E-state index contributed by atoms with van der Waals surface area (Å²) in [5.74, 6) is 0.0268. The van der Waals surface area contributed by atoms with Crippen LogP contribution in [0.15, 0.2) is 34.7 Å². The Bertz CT molecular complexity index is 738. The van der Waals surface area contributed by atoms with E-state index in [1.807, 2.05) is 0 Å². The van der Waals surface area contributed by atoms with Gasteiger partial charge >= 0.3 is 5.97 Å². The van der Waals surface area contributed by atoms with Crippen molar-refractivity contribution in [1.82, 2.24) is 4.90 Å². The van der Waals surface area contributed by atoms with Gasteiger partial charge in [-0.05, 0) is 31.0 Å². The Kier molecular flexibility index (Phi) is 5.73. The molecule has 0 aliphatic heterocycles. The molecule has 6 heteroatoms. The van der Waals surface area contributed by atoms with Gasteiger partial charge in [-0.3, -0.25) is 4.79 Å².